The van der Waals surface area contributed by atoms with E-state index in [4.69, 9.17) is 9.47 Å². The Bertz CT molecular complexity index is 1110. The van der Waals surface area contributed by atoms with Gasteiger partial charge in [0.25, 0.3) is 0 Å². The first-order valence-electron chi connectivity index (χ1n) is 11.3. The molecule has 1 N–H and O–H groups in total. The van der Waals surface area contributed by atoms with Gasteiger partial charge in [0.2, 0.25) is 0 Å². The van der Waals surface area contributed by atoms with Gasteiger partial charge >= 0.3 is 5.97 Å². The van der Waals surface area contributed by atoms with Gasteiger partial charge in [-0.15, -0.1) is 0 Å². The van der Waals surface area contributed by atoms with Crippen molar-refractivity contribution in [2.75, 3.05) is 27.3 Å². The average Bonchev–Trinajstić information content (AvgIpc) is 2.84. The van der Waals surface area contributed by atoms with Gasteiger partial charge in [-0.05, 0) is 60.7 Å². The minimum absolute atomic E-state index is 0.477. The lowest BCUT2D eigenvalue weighted by Crippen LogP contribution is -2.48. The fraction of sp³-hybridized carbons (Fsp3) is 0.321. The molecular weight excluding hydrogens is 414 g/mol. The monoisotopic (exact) mass is 445 g/mol. The summed E-state index contributed by atoms with van der Waals surface area (Å²) in [5.74, 6) is 0.880. The lowest BCUT2D eigenvalue weighted by molar-refractivity contribution is -0.152. The second-order valence-electron chi connectivity index (χ2n) is 8.79. The zero-order valence-electron chi connectivity index (χ0n) is 19.3. The fourth-order valence-corrected chi connectivity index (χ4v) is 4.95. The first-order chi connectivity index (χ1) is 16.0. The Balaban J connectivity index is 1.62. The third-order valence-corrected chi connectivity index (χ3v) is 6.59. The summed E-state index contributed by atoms with van der Waals surface area (Å²) < 4.78 is 10.9. The summed E-state index contributed by atoms with van der Waals surface area (Å²) in [5.41, 5.74) is 3.34. The number of carbonyl (C=O) groups is 1. The normalized spacial score (nSPS) is 18.6. The highest BCUT2D eigenvalue weighted by Gasteiger charge is 2.42. The number of carboxylic acid groups (broad SMARTS) is 1. The molecule has 0 amide bonds. The molecule has 1 aliphatic rings. The van der Waals surface area contributed by atoms with E-state index in [1.807, 2.05) is 60.7 Å². The summed E-state index contributed by atoms with van der Waals surface area (Å²) in [7, 11) is 3.33. The quantitative estimate of drug-likeness (QED) is 0.511. The number of likely N-dealkylation sites (tertiary alicyclic amines) is 1. The van der Waals surface area contributed by atoms with Crippen molar-refractivity contribution in [2.24, 2.45) is 5.41 Å². The van der Waals surface area contributed by atoms with Gasteiger partial charge in [-0.1, -0.05) is 54.6 Å². The molecule has 0 spiro atoms. The third-order valence-electron chi connectivity index (χ3n) is 6.59. The van der Waals surface area contributed by atoms with Crippen molar-refractivity contribution in [2.45, 2.75) is 25.8 Å². The molecule has 0 saturated carbocycles. The molecule has 1 unspecified atom stereocenters. The highest BCUT2D eigenvalue weighted by Crippen LogP contribution is 2.39. The SMILES string of the molecule is COc1cccc(CN2CCCC(Cc3ccccc3-c3ccccc3OC)(C(=O)O)C2)c1. The van der Waals surface area contributed by atoms with Crippen LogP contribution in [0.3, 0.4) is 0 Å². The molecule has 5 heteroatoms. The van der Waals surface area contributed by atoms with Crippen LogP contribution in [-0.4, -0.2) is 43.3 Å². The van der Waals surface area contributed by atoms with Gasteiger partial charge in [-0.3, -0.25) is 9.69 Å². The number of methoxy groups -OCH3 is 2. The molecule has 0 aliphatic carbocycles. The van der Waals surface area contributed by atoms with E-state index < -0.39 is 11.4 Å². The molecule has 1 atom stereocenters. The zero-order valence-corrected chi connectivity index (χ0v) is 19.3. The molecule has 1 heterocycles. The van der Waals surface area contributed by atoms with Gasteiger partial charge in [-0.25, -0.2) is 0 Å². The van der Waals surface area contributed by atoms with Crippen molar-refractivity contribution in [3.8, 4) is 22.6 Å². The zero-order chi connectivity index (χ0) is 23.3. The minimum Gasteiger partial charge on any atom is -0.497 e. The molecule has 1 fully saturated rings. The average molecular weight is 446 g/mol. The molecule has 5 nitrogen and oxygen atoms in total. The summed E-state index contributed by atoms with van der Waals surface area (Å²) in [6, 6.07) is 24.0. The van der Waals surface area contributed by atoms with Crippen molar-refractivity contribution < 1.29 is 19.4 Å². The Kier molecular flexibility index (Phi) is 6.99. The van der Waals surface area contributed by atoms with Crippen LogP contribution in [0.4, 0.5) is 0 Å². The number of hydrogen-bond donors (Lipinski definition) is 1. The topological polar surface area (TPSA) is 59.0 Å². The van der Waals surface area contributed by atoms with Gasteiger partial charge in [0.05, 0.1) is 19.6 Å². The predicted molar refractivity (Wildman–Crippen MR) is 130 cm³/mol. The smallest absolute Gasteiger partial charge is 0.311 e. The highest BCUT2D eigenvalue weighted by atomic mass is 16.5. The molecular formula is C28H31NO4. The van der Waals surface area contributed by atoms with Crippen LogP contribution < -0.4 is 9.47 Å². The second kappa shape index (κ2) is 10.1. The Labute approximate surface area is 195 Å². The molecule has 0 radical (unpaired) electrons. The van der Waals surface area contributed by atoms with E-state index in [-0.39, 0.29) is 0 Å². The molecule has 1 saturated heterocycles. The van der Waals surface area contributed by atoms with Crippen LogP contribution in [0.1, 0.15) is 24.0 Å². The highest BCUT2D eigenvalue weighted by molar-refractivity contribution is 5.78. The fourth-order valence-electron chi connectivity index (χ4n) is 4.95. The van der Waals surface area contributed by atoms with Gasteiger partial charge in [-0.2, -0.15) is 0 Å². The maximum Gasteiger partial charge on any atom is 0.311 e. The summed E-state index contributed by atoms with van der Waals surface area (Å²) in [5, 5.41) is 10.4. The summed E-state index contributed by atoms with van der Waals surface area (Å²) >= 11 is 0. The Morgan fingerprint density at radius 1 is 0.970 bits per heavy atom. The number of aliphatic carboxylic acids is 1. The first kappa shape index (κ1) is 22.9. The van der Waals surface area contributed by atoms with Crippen molar-refractivity contribution in [3.63, 3.8) is 0 Å². The summed E-state index contributed by atoms with van der Waals surface area (Å²) in [6.45, 7) is 2.11. The van der Waals surface area contributed by atoms with Gasteiger partial charge < -0.3 is 14.6 Å². The van der Waals surface area contributed by atoms with E-state index in [9.17, 15) is 9.90 Å². The van der Waals surface area contributed by atoms with Crippen molar-refractivity contribution in [1.29, 1.82) is 0 Å². The largest absolute Gasteiger partial charge is 0.497 e. The molecule has 3 aromatic carbocycles. The van der Waals surface area contributed by atoms with Crippen LogP contribution in [0.15, 0.2) is 72.8 Å². The van der Waals surface area contributed by atoms with Crippen LogP contribution in [-0.2, 0) is 17.8 Å². The van der Waals surface area contributed by atoms with E-state index in [1.165, 1.54) is 0 Å². The van der Waals surface area contributed by atoms with Crippen LogP contribution >= 0.6 is 0 Å². The molecule has 3 aromatic rings. The maximum atomic E-state index is 12.7. The minimum atomic E-state index is -0.838. The Hall–Kier alpha value is -3.31. The van der Waals surface area contributed by atoms with E-state index in [1.54, 1.807) is 14.2 Å². The van der Waals surface area contributed by atoms with Crippen LogP contribution in [0.25, 0.3) is 11.1 Å². The van der Waals surface area contributed by atoms with Crippen molar-refractivity contribution in [3.05, 3.63) is 83.9 Å². The van der Waals surface area contributed by atoms with E-state index in [0.29, 0.717) is 25.9 Å². The standard InChI is InChI=1S/C28H31NO4/c1-32-23-11-7-9-21(17-23)19-29-16-8-15-28(20-29,27(30)31)18-22-10-3-4-12-24(22)25-13-5-6-14-26(25)33-2/h3-7,9-14,17H,8,15-16,18-20H2,1-2H3,(H,30,31). The lowest BCUT2D eigenvalue weighted by atomic mass is 9.74. The Morgan fingerprint density at radius 3 is 2.48 bits per heavy atom. The maximum absolute atomic E-state index is 12.7. The number of benzene rings is 3. The summed E-state index contributed by atoms with van der Waals surface area (Å²) in [6.07, 6.45) is 2.00. The number of nitrogens with zero attached hydrogens (tertiary/aromatic N) is 1. The van der Waals surface area contributed by atoms with Crippen LogP contribution in [0.5, 0.6) is 11.5 Å². The predicted octanol–water partition coefficient (Wildman–Crippen LogP) is 5.28. The summed E-state index contributed by atoms with van der Waals surface area (Å²) in [4.78, 5) is 14.9. The third kappa shape index (κ3) is 5.04. The van der Waals surface area contributed by atoms with Gasteiger partial charge in [0.15, 0.2) is 0 Å². The van der Waals surface area contributed by atoms with Crippen LogP contribution in [0, 0.1) is 5.41 Å². The lowest BCUT2D eigenvalue weighted by Gasteiger charge is -2.40. The molecule has 4 rings (SSSR count). The molecule has 33 heavy (non-hydrogen) atoms. The number of para-hydroxylation sites is 1. The Morgan fingerprint density at radius 2 is 1.73 bits per heavy atom. The van der Waals surface area contributed by atoms with Crippen molar-refractivity contribution in [1.82, 2.24) is 4.90 Å². The van der Waals surface area contributed by atoms with E-state index in [0.717, 1.165) is 46.7 Å². The first-order valence-corrected chi connectivity index (χ1v) is 11.3. The van der Waals surface area contributed by atoms with Gasteiger partial charge in [0.1, 0.15) is 11.5 Å². The number of piperidine rings is 1. The van der Waals surface area contributed by atoms with E-state index in [2.05, 4.69) is 17.0 Å². The molecule has 0 bridgehead atoms. The molecule has 0 aromatic heterocycles. The molecule has 1 aliphatic heterocycles. The number of ether oxygens (including phenoxy) is 2. The van der Waals surface area contributed by atoms with Crippen molar-refractivity contribution >= 4 is 5.97 Å². The molecule has 172 valence electrons. The number of rotatable bonds is 8. The number of carboxylic acids is 1. The van der Waals surface area contributed by atoms with Crippen LogP contribution in [0.2, 0.25) is 0 Å². The second-order valence-corrected chi connectivity index (χ2v) is 8.79. The van der Waals surface area contributed by atoms with Gasteiger partial charge in [0, 0.05) is 18.7 Å². The van der Waals surface area contributed by atoms with E-state index >= 15 is 0 Å². The number of hydrogen-bond acceptors (Lipinski definition) is 4.